The van der Waals surface area contributed by atoms with Crippen molar-refractivity contribution in [1.29, 1.82) is 0 Å². The zero-order valence-electron chi connectivity index (χ0n) is 11.3. The summed E-state index contributed by atoms with van der Waals surface area (Å²) in [7, 11) is 1.59. The fourth-order valence-electron chi connectivity index (χ4n) is 2.43. The maximum Gasteiger partial charge on any atom is 0.409 e. The van der Waals surface area contributed by atoms with Gasteiger partial charge in [-0.05, 0) is 25.0 Å². The minimum atomic E-state index is -0.849. The predicted molar refractivity (Wildman–Crippen MR) is 72.5 cm³/mol. The van der Waals surface area contributed by atoms with Gasteiger partial charge in [-0.3, -0.25) is 0 Å². The van der Waals surface area contributed by atoms with E-state index in [2.05, 4.69) is 13.8 Å². The lowest BCUT2D eigenvalue weighted by atomic mass is 9.91. The molecule has 0 spiro atoms. The molecule has 0 N–H and O–H groups in total. The quantitative estimate of drug-likeness (QED) is 0.786. The molecular weight excluding hydrogens is 268 g/mol. The second-order valence-corrected chi connectivity index (χ2v) is 4.89. The lowest BCUT2D eigenvalue weighted by Gasteiger charge is -2.25. The third kappa shape index (κ3) is 2.50. The summed E-state index contributed by atoms with van der Waals surface area (Å²) in [4.78, 5) is 10.9. The van der Waals surface area contributed by atoms with Crippen LogP contribution in [0.25, 0.3) is 0 Å². The molecule has 0 saturated heterocycles. The molecule has 104 valence electrons. The number of methoxy groups -OCH3 is 1. The molecule has 1 heterocycles. The molecular formula is C14H17ClO4. The number of rotatable bonds is 4. The molecule has 1 aliphatic rings. The summed E-state index contributed by atoms with van der Waals surface area (Å²) in [6, 6.07) is 3.40. The van der Waals surface area contributed by atoms with Gasteiger partial charge in [0.25, 0.3) is 0 Å². The molecule has 0 aliphatic carbocycles. The van der Waals surface area contributed by atoms with Crippen LogP contribution in [0.2, 0.25) is 0 Å². The number of benzene rings is 1. The van der Waals surface area contributed by atoms with Crippen molar-refractivity contribution in [3.63, 3.8) is 0 Å². The highest BCUT2D eigenvalue weighted by Crippen LogP contribution is 2.48. The SMILES string of the molecule is CCC1(CC)Cc2c(OC(=O)Cl)ccc(OC)c2O1. The van der Waals surface area contributed by atoms with Crippen LogP contribution < -0.4 is 14.2 Å². The van der Waals surface area contributed by atoms with Gasteiger partial charge >= 0.3 is 5.43 Å². The third-order valence-corrected chi connectivity index (χ3v) is 3.77. The molecule has 5 heteroatoms. The van der Waals surface area contributed by atoms with Crippen molar-refractivity contribution in [2.75, 3.05) is 7.11 Å². The van der Waals surface area contributed by atoms with Gasteiger partial charge in [0.15, 0.2) is 11.5 Å². The monoisotopic (exact) mass is 284 g/mol. The molecule has 0 unspecified atom stereocenters. The van der Waals surface area contributed by atoms with Crippen molar-refractivity contribution >= 4 is 17.0 Å². The minimum Gasteiger partial charge on any atom is -0.493 e. The minimum absolute atomic E-state index is 0.259. The number of halogens is 1. The molecule has 0 saturated carbocycles. The Morgan fingerprint density at radius 1 is 1.37 bits per heavy atom. The number of carbonyl (C=O) groups is 1. The van der Waals surface area contributed by atoms with Gasteiger partial charge in [0.2, 0.25) is 0 Å². The van der Waals surface area contributed by atoms with Crippen LogP contribution in [-0.4, -0.2) is 18.1 Å². The molecule has 1 aromatic carbocycles. The zero-order chi connectivity index (χ0) is 14.0. The molecule has 1 aromatic rings. The molecule has 19 heavy (non-hydrogen) atoms. The van der Waals surface area contributed by atoms with Crippen molar-refractivity contribution in [3.05, 3.63) is 17.7 Å². The van der Waals surface area contributed by atoms with Crippen molar-refractivity contribution in [2.45, 2.75) is 38.7 Å². The molecule has 0 radical (unpaired) electrons. The van der Waals surface area contributed by atoms with Crippen LogP contribution in [0.3, 0.4) is 0 Å². The lowest BCUT2D eigenvalue weighted by molar-refractivity contribution is 0.0828. The van der Waals surface area contributed by atoms with E-state index in [0.29, 0.717) is 23.7 Å². The number of fused-ring (bicyclic) bond motifs is 1. The second kappa shape index (κ2) is 5.29. The summed E-state index contributed by atoms with van der Waals surface area (Å²) in [5, 5.41) is 0. The summed E-state index contributed by atoms with van der Waals surface area (Å²) >= 11 is 5.29. The van der Waals surface area contributed by atoms with E-state index in [1.165, 1.54) is 0 Å². The third-order valence-electron chi connectivity index (χ3n) is 3.70. The van der Waals surface area contributed by atoms with E-state index in [4.69, 9.17) is 25.8 Å². The topological polar surface area (TPSA) is 44.8 Å². The van der Waals surface area contributed by atoms with E-state index in [1.807, 2.05) is 0 Å². The van der Waals surface area contributed by atoms with E-state index in [1.54, 1.807) is 19.2 Å². The maximum atomic E-state index is 10.9. The van der Waals surface area contributed by atoms with Crippen LogP contribution in [0.15, 0.2) is 12.1 Å². The molecule has 0 aromatic heterocycles. The Labute approximate surface area is 117 Å². The first-order chi connectivity index (χ1) is 9.05. The Balaban J connectivity index is 2.46. The first kappa shape index (κ1) is 14.0. The average Bonchev–Trinajstić information content (AvgIpc) is 2.79. The summed E-state index contributed by atoms with van der Waals surface area (Å²) < 4.78 is 16.4. The smallest absolute Gasteiger partial charge is 0.409 e. The number of hydrogen-bond donors (Lipinski definition) is 0. The van der Waals surface area contributed by atoms with Crippen molar-refractivity contribution in [1.82, 2.24) is 0 Å². The van der Waals surface area contributed by atoms with Crippen LogP contribution in [-0.2, 0) is 6.42 Å². The fraction of sp³-hybridized carbons (Fsp3) is 0.500. The van der Waals surface area contributed by atoms with Crippen LogP contribution >= 0.6 is 11.6 Å². The van der Waals surface area contributed by atoms with E-state index in [9.17, 15) is 4.79 Å². The van der Waals surface area contributed by atoms with Gasteiger partial charge in [-0.2, -0.15) is 0 Å². The largest absolute Gasteiger partial charge is 0.493 e. The first-order valence-corrected chi connectivity index (χ1v) is 6.69. The predicted octanol–water partition coefficient (Wildman–Crippen LogP) is 3.93. The Kier molecular flexibility index (Phi) is 3.90. The highest BCUT2D eigenvalue weighted by Gasteiger charge is 2.40. The van der Waals surface area contributed by atoms with Crippen LogP contribution in [0.1, 0.15) is 32.3 Å². The van der Waals surface area contributed by atoms with Crippen LogP contribution in [0.4, 0.5) is 4.79 Å². The number of hydrogen-bond acceptors (Lipinski definition) is 4. The van der Waals surface area contributed by atoms with Crippen LogP contribution in [0.5, 0.6) is 17.2 Å². The second-order valence-electron chi connectivity index (χ2n) is 4.58. The van der Waals surface area contributed by atoms with Gasteiger partial charge in [0.05, 0.1) is 7.11 Å². The molecule has 0 fully saturated rings. The highest BCUT2D eigenvalue weighted by molar-refractivity contribution is 6.61. The summed E-state index contributed by atoms with van der Waals surface area (Å²) in [6.07, 6.45) is 2.43. The molecule has 4 nitrogen and oxygen atoms in total. The Morgan fingerprint density at radius 3 is 2.53 bits per heavy atom. The average molecular weight is 285 g/mol. The standard InChI is InChI=1S/C14H17ClO4/c1-4-14(5-2)8-9-10(18-13(15)16)6-7-11(17-3)12(9)19-14/h6-7H,4-5,8H2,1-3H3. The Morgan fingerprint density at radius 2 is 2.00 bits per heavy atom. The molecule has 0 bridgehead atoms. The summed E-state index contributed by atoms with van der Waals surface area (Å²) in [5.41, 5.74) is -0.264. The van der Waals surface area contributed by atoms with E-state index in [-0.39, 0.29) is 5.60 Å². The molecule has 0 amide bonds. The fourth-order valence-corrected chi connectivity index (χ4v) is 2.51. The van der Waals surface area contributed by atoms with E-state index in [0.717, 1.165) is 18.4 Å². The van der Waals surface area contributed by atoms with Crippen LogP contribution in [0, 0.1) is 0 Å². The molecule has 1 aliphatic heterocycles. The van der Waals surface area contributed by atoms with Gasteiger partial charge in [-0.25, -0.2) is 4.79 Å². The van der Waals surface area contributed by atoms with Gasteiger partial charge in [0, 0.05) is 23.6 Å². The molecule has 0 atom stereocenters. The van der Waals surface area contributed by atoms with E-state index < -0.39 is 5.43 Å². The Bertz CT molecular complexity index is 494. The lowest BCUT2D eigenvalue weighted by Crippen LogP contribution is -2.32. The molecule has 2 rings (SSSR count). The van der Waals surface area contributed by atoms with Gasteiger partial charge in [-0.15, -0.1) is 0 Å². The van der Waals surface area contributed by atoms with Gasteiger partial charge in [0.1, 0.15) is 11.4 Å². The number of ether oxygens (including phenoxy) is 3. The van der Waals surface area contributed by atoms with Gasteiger partial charge in [-0.1, -0.05) is 13.8 Å². The number of carbonyl (C=O) groups excluding carboxylic acids is 1. The van der Waals surface area contributed by atoms with Crippen molar-refractivity contribution < 1.29 is 19.0 Å². The van der Waals surface area contributed by atoms with Gasteiger partial charge < -0.3 is 14.2 Å². The highest BCUT2D eigenvalue weighted by atomic mass is 35.5. The van der Waals surface area contributed by atoms with Crippen molar-refractivity contribution in [2.24, 2.45) is 0 Å². The van der Waals surface area contributed by atoms with E-state index >= 15 is 0 Å². The van der Waals surface area contributed by atoms with Crippen molar-refractivity contribution in [3.8, 4) is 17.2 Å². The Hall–Kier alpha value is -1.42. The first-order valence-electron chi connectivity index (χ1n) is 6.31. The zero-order valence-corrected chi connectivity index (χ0v) is 12.0. The summed E-state index contributed by atoms with van der Waals surface area (Å²) in [6.45, 7) is 4.16. The normalized spacial score (nSPS) is 15.6. The maximum absolute atomic E-state index is 10.9. The summed E-state index contributed by atoms with van der Waals surface area (Å²) in [5.74, 6) is 1.74.